The molecule has 0 aliphatic rings. The van der Waals surface area contributed by atoms with E-state index >= 15 is 0 Å². The van der Waals surface area contributed by atoms with E-state index in [-0.39, 0.29) is 10.6 Å². The molecule has 0 fully saturated rings. The van der Waals surface area contributed by atoms with Gasteiger partial charge in [-0.1, -0.05) is 6.07 Å². The monoisotopic (exact) mass is 305 g/mol. The molecule has 0 saturated heterocycles. The highest BCUT2D eigenvalue weighted by atomic mass is 32.2. The summed E-state index contributed by atoms with van der Waals surface area (Å²) in [6.45, 7) is 3.55. The zero-order chi connectivity index (χ0) is 15.6. The maximum atomic E-state index is 12.1. The first-order valence-electron chi connectivity index (χ1n) is 6.18. The van der Waals surface area contributed by atoms with E-state index in [2.05, 4.69) is 15.3 Å². The molecule has 1 heterocycles. The molecule has 7 heteroatoms. The minimum Gasteiger partial charge on any atom is -0.320 e. The van der Waals surface area contributed by atoms with E-state index < -0.39 is 15.7 Å². The molecule has 0 unspecified atom stereocenters. The summed E-state index contributed by atoms with van der Waals surface area (Å²) in [6.07, 6.45) is 3.99. The Morgan fingerprint density at radius 2 is 1.86 bits per heavy atom. The Balaban J connectivity index is 2.31. The molecular weight excluding hydrogens is 290 g/mol. The summed E-state index contributed by atoms with van der Waals surface area (Å²) in [5.74, 6) is -0.434. The van der Waals surface area contributed by atoms with E-state index in [0.29, 0.717) is 11.4 Å². The van der Waals surface area contributed by atoms with Gasteiger partial charge in [0.1, 0.15) is 5.69 Å². The highest BCUT2D eigenvalue weighted by Gasteiger charge is 2.13. The maximum absolute atomic E-state index is 12.1. The van der Waals surface area contributed by atoms with Crippen LogP contribution < -0.4 is 5.32 Å². The van der Waals surface area contributed by atoms with Gasteiger partial charge in [-0.2, -0.15) is 0 Å². The van der Waals surface area contributed by atoms with Gasteiger partial charge in [0.2, 0.25) is 0 Å². The number of anilines is 1. The van der Waals surface area contributed by atoms with Gasteiger partial charge in [0.05, 0.1) is 16.8 Å². The van der Waals surface area contributed by atoms with Gasteiger partial charge in [-0.15, -0.1) is 0 Å². The molecule has 2 aromatic rings. The highest BCUT2D eigenvalue weighted by Crippen LogP contribution is 2.20. The predicted octanol–water partition coefficient (Wildman–Crippen LogP) is 1.75. The van der Waals surface area contributed by atoms with Crippen molar-refractivity contribution in [2.45, 2.75) is 18.7 Å². The summed E-state index contributed by atoms with van der Waals surface area (Å²) in [7, 11) is -3.33. The lowest BCUT2D eigenvalue weighted by molar-refractivity contribution is 0.102. The van der Waals surface area contributed by atoms with E-state index in [1.165, 1.54) is 24.5 Å². The lowest BCUT2D eigenvalue weighted by Crippen LogP contribution is -2.15. The normalized spacial score (nSPS) is 11.2. The van der Waals surface area contributed by atoms with E-state index in [1.54, 1.807) is 19.9 Å². The number of benzene rings is 1. The first-order valence-corrected chi connectivity index (χ1v) is 8.07. The molecule has 0 atom stereocenters. The SMILES string of the molecule is Cc1cnc(C(=O)Nc2cc(S(C)(=O)=O)ccc2C)cn1. The fourth-order valence-electron chi connectivity index (χ4n) is 1.66. The average molecular weight is 305 g/mol. The number of carbonyl (C=O) groups excluding carboxylic acids is 1. The third kappa shape index (κ3) is 3.63. The van der Waals surface area contributed by atoms with Crippen molar-refractivity contribution in [1.29, 1.82) is 0 Å². The second kappa shape index (κ2) is 5.61. The molecule has 2 rings (SSSR count). The number of rotatable bonds is 3. The number of nitrogens with one attached hydrogen (secondary N) is 1. The molecule has 21 heavy (non-hydrogen) atoms. The van der Waals surface area contributed by atoms with Crippen molar-refractivity contribution < 1.29 is 13.2 Å². The van der Waals surface area contributed by atoms with Crippen molar-refractivity contribution in [1.82, 2.24) is 9.97 Å². The van der Waals surface area contributed by atoms with Crippen LogP contribution in [-0.2, 0) is 9.84 Å². The van der Waals surface area contributed by atoms with Gasteiger partial charge >= 0.3 is 0 Å². The molecule has 1 amide bonds. The highest BCUT2D eigenvalue weighted by molar-refractivity contribution is 7.90. The van der Waals surface area contributed by atoms with Crippen LogP contribution in [-0.4, -0.2) is 30.5 Å². The molecule has 0 spiro atoms. The molecule has 0 radical (unpaired) electrons. The van der Waals surface area contributed by atoms with Crippen molar-refractivity contribution >= 4 is 21.4 Å². The second-order valence-electron chi connectivity index (χ2n) is 4.75. The number of amides is 1. The van der Waals surface area contributed by atoms with Gasteiger partial charge in [0.25, 0.3) is 5.91 Å². The third-order valence-electron chi connectivity index (χ3n) is 2.90. The quantitative estimate of drug-likeness (QED) is 0.933. The number of aromatic nitrogens is 2. The summed E-state index contributed by atoms with van der Waals surface area (Å²) in [4.78, 5) is 20.2. The van der Waals surface area contributed by atoms with E-state index in [4.69, 9.17) is 0 Å². The molecule has 110 valence electrons. The van der Waals surface area contributed by atoms with Crippen LogP contribution in [0.2, 0.25) is 0 Å². The Morgan fingerprint density at radius 1 is 1.14 bits per heavy atom. The van der Waals surface area contributed by atoms with Crippen LogP contribution in [0.5, 0.6) is 0 Å². The molecule has 0 bridgehead atoms. The minimum atomic E-state index is -3.33. The maximum Gasteiger partial charge on any atom is 0.275 e. The van der Waals surface area contributed by atoms with E-state index in [0.717, 1.165) is 11.8 Å². The predicted molar refractivity (Wildman–Crippen MR) is 79.0 cm³/mol. The summed E-state index contributed by atoms with van der Waals surface area (Å²) < 4.78 is 23.1. The van der Waals surface area contributed by atoms with Gasteiger partial charge in [-0.3, -0.25) is 9.78 Å². The number of aryl methyl sites for hydroxylation is 2. The van der Waals surface area contributed by atoms with E-state index in [1.807, 2.05) is 0 Å². The first kappa shape index (κ1) is 15.1. The van der Waals surface area contributed by atoms with E-state index in [9.17, 15) is 13.2 Å². The van der Waals surface area contributed by atoms with Crippen molar-refractivity contribution in [3.8, 4) is 0 Å². The summed E-state index contributed by atoms with van der Waals surface area (Å²) in [6, 6.07) is 4.59. The smallest absolute Gasteiger partial charge is 0.275 e. The largest absolute Gasteiger partial charge is 0.320 e. The average Bonchev–Trinajstić information content (AvgIpc) is 2.40. The van der Waals surface area contributed by atoms with Crippen LogP contribution in [0, 0.1) is 13.8 Å². The topological polar surface area (TPSA) is 89.0 Å². The zero-order valence-electron chi connectivity index (χ0n) is 11.9. The Morgan fingerprint density at radius 3 is 2.43 bits per heavy atom. The van der Waals surface area contributed by atoms with Crippen molar-refractivity contribution in [2.75, 3.05) is 11.6 Å². The molecule has 0 aliphatic carbocycles. The first-order chi connectivity index (χ1) is 9.77. The number of carbonyl (C=O) groups is 1. The summed E-state index contributed by atoms with van der Waals surface area (Å²) in [5.41, 5.74) is 2.08. The standard InChI is InChI=1S/C14H15N3O3S/c1-9-4-5-11(21(3,19)20)6-12(9)17-14(18)13-8-15-10(2)7-16-13/h4-8H,1-3H3,(H,17,18). The van der Waals surface area contributed by atoms with Gasteiger partial charge in [-0.05, 0) is 31.5 Å². The molecule has 1 aromatic heterocycles. The Hall–Kier alpha value is -2.28. The molecule has 6 nitrogen and oxygen atoms in total. The van der Waals surface area contributed by atoms with Crippen LogP contribution in [0.15, 0.2) is 35.5 Å². The van der Waals surface area contributed by atoms with Crippen molar-refractivity contribution in [2.24, 2.45) is 0 Å². The molecule has 1 N–H and O–H groups in total. The Labute approximate surface area is 123 Å². The third-order valence-corrected chi connectivity index (χ3v) is 4.01. The lowest BCUT2D eigenvalue weighted by Gasteiger charge is -2.09. The summed E-state index contributed by atoms with van der Waals surface area (Å²) in [5, 5.41) is 2.65. The van der Waals surface area contributed by atoms with Crippen LogP contribution in [0.1, 0.15) is 21.7 Å². The molecular formula is C14H15N3O3S. The van der Waals surface area contributed by atoms with Gasteiger partial charge < -0.3 is 5.32 Å². The Bertz CT molecular complexity index is 784. The summed E-state index contributed by atoms with van der Waals surface area (Å²) >= 11 is 0. The van der Waals surface area contributed by atoms with Crippen molar-refractivity contribution in [3.05, 3.63) is 47.5 Å². The lowest BCUT2D eigenvalue weighted by atomic mass is 10.2. The fraction of sp³-hybridized carbons (Fsp3) is 0.214. The molecule has 1 aromatic carbocycles. The second-order valence-corrected chi connectivity index (χ2v) is 6.76. The van der Waals surface area contributed by atoms with Crippen LogP contribution in [0.4, 0.5) is 5.69 Å². The number of nitrogens with zero attached hydrogens (tertiary/aromatic N) is 2. The minimum absolute atomic E-state index is 0.151. The van der Waals surface area contributed by atoms with Gasteiger partial charge in [0, 0.05) is 18.1 Å². The van der Waals surface area contributed by atoms with Crippen LogP contribution in [0.3, 0.4) is 0 Å². The fourth-order valence-corrected chi connectivity index (χ4v) is 2.31. The van der Waals surface area contributed by atoms with Crippen LogP contribution >= 0.6 is 0 Å². The van der Waals surface area contributed by atoms with Gasteiger partial charge in [0.15, 0.2) is 9.84 Å². The van der Waals surface area contributed by atoms with Crippen LogP contribution in [0.25, 0.3) is 0 Å². The number of hydrogen-bond donors (Lipinski definition) is 1. The molecule has 0 saturated carbocycles. The zero-order valence-corrected chi connectivity index (χ0v) is 12.7. The number of hydrogen-bond acceptors (Lipinski definition) is 5. The number of sulfone groups is 1. The Kier molecular flexibility index (Phi) is 4.04. The van der Waals surface area contributed by atoms with Crippen molar-refractivity contribution in [3.63, 3.8) is 0 Å². The molecule has 0 aliphatic heterocycles. The van der Waals surface area contributed by atoms with Gasteiger partial charge in [-0.25, -0.2) is 13.4 Å².